The van der Waals surface area contributed by atoms with Crippen LogP contribution in [0.25, 0.3) is 11.0 Å². The Hall–Kier alpha value is -2.97. The van der Waals surface area contributed by atoms with E-state index in [-0.39, 0.29) is 23.0 Å². The van der Waals surface area contributed by atoms with Crippen LogP contribution in [0.3, 0.4) is 0 Å². The summed E-state index contributed by atoms with van der Waals surface area (Å²) in [6.45, 7) is 1.99. The number of fused-ring (bicyclic) bond motifs is 1. The van der Waals surface area contributed by atoms with Crippen LogP contribution in [-0.4, -0.2) is 30.1 Å². The summed E-state index contributed by atoms with van der Waals surface area (Å²) in [5, 5.41) is 3.42. The van der Waals surface area contributed by atoms with Crippen molar-refractivity contribution in [1.82, 2.24) is 5.32 Å². The zero-order chi connectivity index (χ0) is 23.8. The Labute approximate surface area is 200 Å². The van der Waals surface area contributed by atoms with Crippen LogP contribution in [0.15, 0.2) is 57.7 Å². The second kappa shape index (κ2) is 11.8. The SMILES string of the molecule is CCc1cc(=O)oc2cc(OC(=O)[C@H](CCSC)NC(=O)OCc3ccccc3)c(Cl)cc12. The number of carbonyl (C=O) groups excluding carboxylic acids is 2. The molecule has 0 bridgehead atoms. The lowest BCUT2D eigenvalue weighted by Crippen LogP contribution is -2.43. The summed E-state index contributed by atoms with van der Waals surface area (Å²) in [4.78, 5) is 36.9. The van der Waals surface area contributed by atoms with Crippen LogP contribution >= 0.6 is 23.4 Å². The van der Waals surface area contributed by atoms with Crippen molar-refractivity contribution in [2.45, 2.75) is 32.4 Å². The van der Waals surface area contributed by atoms with Crippen LogP contribution < -0.4 is 15.7 Å². The number of hydrogen-bond donors (Lipinski definition) is 1. The molecule has 33 heavy (non-hydrogen) atoms. The largest absolute Gasteiger partial charge is 0.445 e. The van der Waals surface area contributed by atoms with Crippen molar-refractivity contribution < 1.29 is 23.5 Å². The molecule has 0 radical (unpaired) electrons. The third-order valence-corrected chi connectivity index (χ3v) is 5.81. The molecular formula is C24H24ClNO6S. The lowest BCUT2D eigenvalue weighted by molar-refractivity contribution is -0.136. The first kappa shape index (κ1) is 24.7. The third-order valence-electron chi connectivity index (χ3n) is 4.87. The molecule has 0 spiro atoms. The molecule has 1 N–H and O–H groups in total. The first-order valence-corrected chi connectivity index (χ1v) is 12.1. The Balaban J connectivity index is 1.73. The number of esters is 1. The van der Waals surface area contributed by atoms with Crippen molar-refractivity contribution in [2.75, 3.05) is 12.0 Å². The number of hydrogen-bond acceptors (Lipinski definition) is 7. The first-order chi connectivity index (χ1) is 15.9. The molecule has 0 saturated carbocycles. The maximum atomic E-state index is 12.9. The number of carbonyl (C=O) groups is 2. The maximum absolute atomic E-state index is 12.9. The topological polar surface area (TPSA) is 94.8 Å². The number of halogens is 1. The molecular weight excluding hydrogens is 466 g/mol. The van der Waals surface area contributed by atoms with Gasteiger partial charge in [0, 0.05) is 17.5 Å². The quantitative estimate of drug-likeness (QED) is 0.258. The average Bonchev–Trinajstić information content (AvgIpc) is 2.81. The zero-order valence-corrected chi connectivity index (χ0v) is 19.8. The van der Waals surface area contributed by atoms with E-state index >= 15 is 0 Å². The van der Waals surface area contributed by atoms with Crippen LogP contribution in [0.1, 0.15) is 24.5 Å². The molecule has 0 aliphatic carbocycles. The van der Waals surface area contributed by atoms with Crippen molar-refractivity contribution in [3.63, 3.8) is 0 Å². The van der Waals surface area contributed by atoms with Crippen molar-refractivity contribution in [2.24, 2.45) is 0 Å². The predicted molar refractivity (Wildman–Crippen MR) is 129 cm³/mol. The van der Waals surface area contributed by atoms with Gasteiger partial charge in [0.05, 0.1) is 5.02 Å². The Bertz CT molecular complexity index is 1180. The lowest BCUT2D eigenvalue weighted by atomic mass is 10.1. The molecule has 0 aliphatic heterocycles. The lowest BCUT2D eigenvalue weighted by Gasteiger charge is -2.18. The highest BCUT2D eigenvalue weighted by molar-refractivity contribution is 7.98. The Kier molecular flexibility index (Phi) is 8.79. The van der Waals surface area contributed by atoms with Crippen LogP contribution in [-0.2, 0) is 22.6 Å². The number of amides is 1. The number of nitrogens with one attached hydrogen (secondary N) is 1. The molecule has 3 aromatic rings. The number of aryl methyl sites for hydroxylation is 1. The van der Waals surface area contributed by atoms with E-state index in [9.17, 15) is 14.4 Å². The van der Waals surface area contributed by atoms with Gasteiger partial charge in [-0.05, 0) is 42.0 Å². The molecule has 3 rings (SSSR count). The monoisotopic (exact) mass is 489 g/mol. The molecule has 1 amide bonds. The van der Waals surface area contributed by atoms with E-state index in [4.69, 9.17) is 25.5 Å². The summed E-state index contributed by atoms with van der Waals surface area (Å²) in [6.07, 6.45) is 2.11. The third kappa shape index (κ3) is 6.76. The van der Waals surface area contributed by atoms with Gasteiger partial charge in [0.15, 0.2) is 5.75 Å². The van der Waals surface area contributed by atoms with Crippen LogP contribution in [0.2, 0.25) is 5.02 Å². The van der Waals surface area contributed by atoms with Crippen LogP contribution in [0.4, 0.5) is 4.79 Å². The number of alkyl carbamates (subject to hydrolysis) is 1. The second-order valence-electron chi connectivity index (χ2n) is 7.18. The number of rotatable bonds is 9. The second-order valence-corrected chi connectivity index (χ2v) is 8.58. The standard InChI is InChI=1S/C24H24ClNO6S/c1-3-16-11-22(27)31-20-13-21(18(25)12-17(16)20)32-23(28)19(9-10-33-2)26-24(29)30-14-15-7-5-4-6-8-15/h4-8,11-13,19H,3,9-10,14H2,1-2H3,(H,26,29)/t19-/m0/s1. The van der Waals surface area contributed by atoms with E-state index in [0.29, 0.717) is 24.0 Å². The molecule has 1 atom stereocenters. The summed E-state index contributed by atoms with van der Waals surface area (Å²) in [7, 11) is 0. The van der Waals surface area contributed by atoms with Gasteiger partial charge in [-0.25, -0.2) is 14.4 Å². The zero-order valence-electron chi connectivity index (χ0n) is 18.3. The van der Waals surface area contributed by atoms with Gasteiger partial charge in [-0.1, -0.05) is 48.9 Å². The van der Waals surface area contributed by atoms with E-state index in [1.807, 2.05) is 43.5 Å². The molecule has 7 nitrogen and oxygen atoms in total. The molecule has 0 saturated heterocycles. The van der Waals surface area contributed by atoms with Crippen LogP contribution in [0, 0.1) is 0 Å². The Morgan fingerprint density at radius 3 is 2.64 bits per heavy atom. The highest BCUT2D eigenvalue weighted by Gasteiger charge is 2.24. The molecule has 1 aromatic heterocycles. The first-order valence-electron chi connectivity index (χ1n) is 10.4. The van der Waals surface area contributed by atoms with E-state index < -0.39 is 23.7 Å². The Morgan fingerprint density at radius 1 is 1.18 bits per heavy atom. The number of thioether (sulfide) groups is 1. The fourth-order valence-corrected chi connectivity index (χ4v) is 3.84. The van der Waals surface area contributed by atoms with Crippen molar-refractivity contribution >= 4 is 46.4 Å². The normalized spacial score (nSPS) is 11.7. The summed E-state index contributed by atoms with van der Waals surface area (Å²) in [5.74, 6) is -0.0472. The van der Waals surface area contributed by atoms with Crippen molar-refractivity contribution in [3.8, 4) is 5.75 Å². The molecule has 2 aromatic carbocycles. The summed E-state index contributed by atoms with van der Waals surface area (Å²) in [6, 6.07) is 12.7. The highest BCUT2D eigenvalue weighted by atomic mass is 35.5. The van der Waals surface area contributed by atoms with Gasteiger partial charge in [0.1, 0.15) is 18.2 Å². The smallest absolute Gasteiger partial charge is 0.408 e. The van der Waals surface area contributed by atoms with Crippen LogP contribution in [0.5, 0.6) is 5.75 Å². The predicted octanol–water partition coefficient (Wildman–Crippen LogP) is 4.96. The highest BCUT2D eigenvalue weighted by Crippen LogP contribution is 2.31. The van der Waals surface area contributed by atoms with E-state index in [1.54, 1.807) is 6.07 Å². The van der Waals surface area contributed by atoms with Gasteiger partial charge in [-0.3, -0.25) is 0 Å². The van der Waals surface area contributed by atoms with E-state index in [2.05, 4.69) is 5.32 Å². The fraction of sp³-hybridized carbons (Fsp3) is 0.292. The van der Waals surface area contributed by atoms with Gasteiger partial charge in [-0.15, -0.1) is 0 Å². The molecule has 9 heteroatoms. The van der Waals surface area contributed by atoms with Crippen molar-refractivity contribution in [1.29, 1.82) is 0 Å². The fourth-order valence-electron chi connectivity index (χ4n) is 3.17. The summed E-state index contributed by atoms with van der Waals surface area (Å²) >= 11 is 7.86. The molecule has 0 aliphatic rings. The summed E-state index contributed by atoms with van der Waals surface area (Å²) in [5.41, 5.74) is 1.37. The minimum absolute atomic E-state index is 0.0409. The maximum Gasteiger partial charge on any atom is 0.408 e. The van der Waals surface area contributed by atoms with Gasteiger partial charge >= 0.3 is 17.7 Å². The molecule has 0 unspecified atom stereocenters. The van der Waals surface area contributed by atoms with Crippen molar-refractivity contribution in [3.05, 3.63) is 75.1 Å². The van der Waals surface area contributed by atoms with Gasteiger partial charge < -0.3 is 19.2 Å². The van der Waals surface area contributed by atoms with Gasteiger partial charge in [-0.2, -0.15) is 11.8 Å². The summed E-state index contributed by atoms with van der Waals surface area (Å²) < 4.78 is 15.9. The average molecular weight is 490 g/mol. The molecule has 0 fully saturated rings. The Morgan fingerprint density at radius 2 is 1.94 bits per heavy atom. The van der Waals surface area contributed by atoms with E-state index in [0.717, 1.165) is 11.1 Å². The van der Waals surface area contributed by atoms with Gasteiger partial charge in [0.2, 0.25) is 0 Å². The van der Waals surface area contributed by atoms with E-state index in [1.165, 1.54) is 23.9 Å². The molecule has 1 heterocycles. The number of ether oxygens (including phenoxy) is 2. The minimum Gasteiger partial charge on any atom is -0.445 e. The van der Waals surface area contributed by atoms with Gasteiger partial charge in [0.25, 0.3) is 0 Å². The number of benzene rings is 2. The minimum atomic E-state index is -0.943. The molecule has 174 valence electrons.